The number of fused-ring (bicyclic) bond motifs is 1. The van der Waals surface area contributed by atoms with Gasteiger partial charge in [0, 0.05) is 41.9 Å². The van der Waals surface area contributed by atoms with Gasteiger partial charge in [0.15, 0.2) is 5.76 Å². The summed E-state index contributed by atoms with van der Waals surface area (Å²) in [7, 11) is 0. The lowest BCUT2D eigenvalue weighted by Gasteiger charge is -2.11. The van der Waals surface area contributed by atoms with Crippen LogP contribution in [0.15, 0.2) is 81.5 Å². The van der Waals surface area contributed by atoms with Gasteiger partial charge in [0.2, 0.25) is 6.17 Å². The first-order chi connectivity index (χ1) is 20.2. The molecule has 0 aliphatic carbocycles. The molecule has 4 heterocycles. The molecule has 212 valence electrons. The highest BCUT2D eigenvalue weighted by atomic mass is 19.4. The smallest absolute Gasteiger partial charge is 0.422 e. The number of aryl methyl sites for hydroxylation is 1. The van der Waals surface area contributed by atoms with Gasteiger partial charge in [-0.25, -0.2) is 29.3 Å². The molecule has 2 aliphatic heterocycles. The van der Waals surface area contributed by atoms with Crippen molar-refractivity contribution in [1.29, 1.82) is 0 Å². The third kappa shape index (κ3) is 5.16. The standard InChI is InChI=1S/C29H21F4N7O2/c1-2-22-34-12-16(13-35-22)18-11-21(29(31,32)33)37-25(18)20-14-36-28(42-20)40-26-27(41)39-24-17(9-6-10-19(24)30)23(38-26)15-7-4-3-5-8-15/h3-10,12-14,26H,2,11H2,1H3,(H,36,40)(H,39,41). The molecule has 2 aromatic heterocycles. The monoisotopic (exact) mass is 575 g/mol. The molecule has 42 heavy (non-hydrogen) atoms. The van der Waals surface area contributed by atoms with Crippen molar-refractivity contribution in [2.24, 2.45) is 9.98 Å². The predicted octanol–water partition coefficient (Wildman–Crippen LogP) is 5.67. The summed E-state index contributed by atoms with van der Waals surface area (Å²) >= 11 is 0. The Morgan fingerprint density at radius 1 is 1.00 bits per heavy atom. The Morgan fingerprint density at radius 2 is 1.76 bits per heavy atom. The van der Waals surface area contributed by atoms with E-state index < -0.39 is 36.2 Å². The number of oxazole rings is 1. The molecule has 0 radical (unpaired) electrons. The van der Waals surface area contributed by atoms with Crippen LogP contribution >= 0.6 is 0 Å². The van der Waals surface area contributed by atoms with Crippen molar-refractivity contribution in [1.82, 2.24) is 15.0 Å². The molecular formula is C29H21F4N7O2. The summed E-state index contributed by atoms with van der Waals surface area (Å²) in [5.74, 6) is -0.861. The zero-order valence-corrected chi connectivity index (χ0v) is 21.9. The molecule has 0 fully saturated rings. The first-order valence-electron chi connectivity index (χ1n) is 12.9. The fourth-order valence-electron chi connectivity index (χ4n) is 4.58. The maximum atomic E-state index is 14.8. The third-order valence-electron chi connectivity index (χ3n) is 6.64. The van der Waals surface area contributed by atoms with Gasteiger partial charge in [-0.15, -0.1) is 0 Å². The van der Waals surface area contributed by atoms with Crippen LogP contribution in [0.1, 0.15) is 41.6 Å². The minimum atomic E-state index is -4.66. The van der Waals surface area contributed by atoms with Crippen LogP contribution in [0.3, 0.4) is 0 Å². The number of nitrogens with zero attached hydrogens (tertiary/aromatic N) is 5. The number of para-hydroxylation sites is 1. The van der Waals surface area contributed by atoms with Gasteiger partial charge in [0.05, 0.1) is 17.6 Å². The quantitative estimate of drug-likeness (QED) is 0.286. The molecule has 9 nitrogen and oxygen atoms in total. The second kappa shape index (κ2) is 10.7. The minimum absolute atomic E-state index is 0.0337. The van der Waals surface area contributed by atoms with Crippen molar-refractivity contribution in [2.45, 2.75) is 32.1 Å². The van der Waals surface area contributed by atoms with Crippen LogP contribution < -0.4 is 10.6 Å². The first kappa shape index (κ1) is 27.0. The normalized spacial score (nSPS) is 16.9. The Labute approximate surface area is 236 Å². The number of allylic oxidation sites excluding steroid dienone is 1. The summed E-state index contributed by atoms with van der Waals surface area (Å²) in [5, 5.41) is 5.31. The number of benzene rings is 2. The van der Waals surface area contributed by atoms with Crippen LogP contribution in [0.2, 0.25) is 0 Å². The Hall–Kier alpha value is -5.20. The molecule has 0 saturated heterocycles. The van der Waals surface area contributed by atoms with Crippen molar-refractivity contribution in [2.75, 3.05) is 10.6 Å². The number of hydrogen-bond donors (Lipinski definition) is 2. The fourth-order valence-corrected chi connectivity index (χ4v) is 4.58. The molecule has 0 saturated carbocycles. The molecule has 13 heteroatoms. The lowest BCUT2D eigenvalue weighted by atomic mass is 10.0. The van der Waals surface area contributed by atoms with E-state index in [1.165, 1.54) is 30.7 Å². The second-order valence-corrected chi connectivity index (χ2v) is 9.37. The third-order valence-corrected chi connectivity index (χ3v) is 6.64. The zero-order chi connectivity index (χ0) is 29.4. The highest BCUT2D eigenvalue weighted by Crippen LogP contribution is 2.40. The number of halogens is 4. The van der Waals surface area contributed by atoms with Crippen LogP contribution in [0.25, 0.3) is 11.3 Å². The summed E-state index contributed by atoms with van der Waals surface area (Å²) in [6.45, 7) is 1.86. The maximum absolute atomic E-state index is 14.8. The Balaban J connectivity index is 1.36. The Kier molecular flexibility index (Phi) is 6.85. The second-order valence-electron chi connectivity index (χ2n) is 9.37. The van der Waals surface area contributed by atoms with E-state index in [2.05, 4.69) is 35.6 Å². The van der Waals surface area contributed by atoms with Crippen LogP contribution in [0.5, 0.6) is 0 Å². The van der Waals surface area contributed by atoms with Crippen molar-refractivity contribution in [3.8, 4) is 0 Å². The van der Waals surface area contributed by atoms with Gasteiger partial charge in [0.25, 0.3) is 11.9 Å². The molecule has 4 aromatic rings. The molecule has 1 unspecified atom stereocenters. The lowest BCUT2D eigenvalue weighted by Crippen LogP contribution is -2.32. The zero-order valence-electron chi connectivity index (χ0n) is 21.9. The Bertz CT molecular complexity index is 1760. The van der Waals surface area contributed by atoms with E-state index in [-0.39, 0.29) is 28.7 Å². The van der Waals surface area contributed by atoms with Crippen LogP contribution in [-0.4, -0.2) is 44.6 Å². The summed E-state index contributed by atoms with van der Waals surface area (Å²) in [4.78, 5) is 34.0. The maximum Gasteiger partial charge on any atom is 0.429 e. The number of alkyl halides is 3. The van der Waals surface area contributed by atoms with Crippen LogP contribution in [0.4, 0.5) is 29.3 Å². The van der Waals surface area contributed by atoms with Gasteiger partial charge in [-0.2, -0.15) is 13.2 Å². The number of anilines is 2. The fraction of sp³-hybridized carbons (Fsp3) is 0.172. The number of nitrogens with one attached hydrogen (secondary N) is 2. The molecule has 6 rings (SSSR count). The minimum Gasteiger partial charge on any atom is -0.422 e. The number of benzodiazepines with no additional fused rings is 1. The predicted molar refractivity (Wildman–Crippen MR) is 147 cm³/mol. The van der Waals surface area contributed by atoms with E-state index in [1.54, 1.807) is 30.3 Å². The van der Waals surface area contributed by atoms with Gasteiger partial charge in [0.1, 0.15) is 23.1 Å². The van der Waals surface area contributed by atoms with Gasteiger partial charge in [-0.1, -0.05) is 49.4 Å². The summed E-state index contributed by atoms with van der Waals surface area (Å²) in [6, 6.07) is 13.1. The number of carbonyl (C=O) groups is 1. The van der Waals surface area contributed by atoms with Crippen molar-refractivity contribution in [3.63, 3.8) is 0 Å². The average molecular weight is 576 g/mol. The average Bonchev–Trinajstić information content (AvgIpc) is 3.61. The summed E-state index contributed by atoms with van der Waals surface area (Å²) < 4.78 is 61.4. The van der Waals surface area contributed by atoms with Crippen LogP contribution in [-0.2, 0) is 11.2 Å². The first-order valence-corrected chi connectivity index (χ1v) is 12.9. The van der Waals surface area contributed by atoms with E-state index in [0.29, 0.717) is 34.6 Å². The van der Waals surface area contributed by atoms with Crippen LogP contribution in [0, 0.1) is 5.82 Å². The molecule has 0 bridgehead atoms. The van der Waals surface area contributed by atoms with Crippen molar-refractivity contribution >= 4 is 40.3 Å². The highest BCUT2D eigenvalue weighted by Gasteiger charge is 2.40. The Morgan fingerprint density at radius 3 is 2.48 bits per heavy atom. The van der Waals surface area contributed by atoms with Gasteiger partial charge < -0.3 is 15.1 Å². The molecule has 1 amide bonds. The van der Waals surface area contributed by atoms with Gasteiger partial charge in [-0.05, 0) is 11.6 Å². The largest absolute Gasteiger partial charge is 0.429 e. The molecule has 1 atom stereocenters. The molecule has 2 N–H and O–H groups in total. The summed E-state index contributed by atoms with van der Waals surface area (Å²) in [5.41, 5.74) is 0.801. The molecule has 0 spiro atoms. The number of aromatic nitrogens is 3. The van der Waals surface area contributed by atoms with Crippen molar-refractivity contribution in [3.05, 3.63) is 101 Å². The van der Waals surface area contributed by atoms with Crippen molar-refractivity contribution < 1.29 is 26.8 Å². The van der Waals surface area contributed by atoms with E-state index in [0.717, 1.165) is 0 Å². The number of amides is 1. The van der Waals surface area contributed by atoms with E-state index in [9.17, 15) is 22.4 Å². The SMILES string of the molecule is CCc1ncc(C2=C(c3cnc(NC4N=C(c5ccccc5)c5cccc(F)c5NC4=O)o3)N=C(C(F)(F)F)C2)cn1. The number of aliphatic imine (C=N–C) groups is 2. The lowest BCUT2D eigenvalue weighted by molar-refractivity contribution is -0.116. The van der Waals surface area contributed by atoms with E-state index in [4.69, 9.17) is 4.42 Å². The van der Waals surface area contributed by atoms with E-state index in [1.807, 2.05) is 13.0 Å². The number of carbonyl (C=O) groups excluding carboxylic acids is 1. The van der Waals surface area contributed by atoms with E-state index >= 15 is 0 Å². The molecule has 2 aromatic carbocycles. The highest BCUT2D eigenvalue weighted by molar-refractivity contribution is 6.20. The number of hydrogen-bond acceptors (Lipinski definition) is 8. The van der Waals surface area contributed by atoms with Gasteiger partial charge >= 0.3 is 6.18 Å². The number of rotatable bonds is 6. The summed E-state index contributed by atoms with van der Waals surface area (Å²) in [6.07, 6.45) is -1.84. The topological polar surface area (TPSA) is 118 Å². The van der Waals surface area contributed by atoms with Gasteiger partial charge in [-0.3, -0.25) is 4.79 Å². The molecular weight excluding hydrogens is 554 g/mol. The molecule has 2 aliphatic rings.